The van der Waals surface area contributed by atoms with E-state index in [4.69, 9.17) is 4.74 Å². The summed E-state index contributed by atoms with van der Waals surface area (Å²) < 4.78 is 6.69. The molecule has 1 N–H and O–H groups in total. The van der Waals surface area contributed by atoms with Crippen LogP contribution in [0.15, 0.2) is 11.2 Å². The van der Waals surface area contributed by atoms with E-state index in [-0.39, 0.29) is 17.6 Å². The van der Waals surface area contributed by atoms with Crippen molar-refractivity contribution in [2.45, 2.75) is 39.4 Å². The average Bonchev–Trinajstić information content (AvgIpc) is 3.11. The first kappa shape index (κ1) is 19.4. The summed E-state index contributed by atoms with van der Waals surface area (Å²) in [6.45, 7) is 8.73. The van der Waals surface area contributed by atoms with E-state index in [1.807, 2.05) is 6.92 Å². The van der Waals surface area contributed by atoms with Gasteiger partial charge < -0.3 is 10.1 Å². The number of esters is 1. The fraction of sp³-hybridized carbons (Fsp3) is 0.533. The van der Waals surface area contributed by atoms with Crippen molar-refractivity contribution in [1.82, 2.24) is 20.2 Å². The first-order chi connectivity index (χ1) is 11.9. The predicted octanol–water partition coefficient (Wildman–Crippen LogP) is 2.61. The van der Waals surface area contributed by atoms with Gasteiger partial charge in [-0.3, -0.25) is 4.79 Å². The van der Waals surface area contributed by atoms with Crippen LogP contribution >= 0.6 is 23.1 Å². The zero-order chi connectivity index (χ0) is 18.4. The van der Waals surface area contributed by atoms with Gasteiger partial charge in [0.1, 0.15) is 4.88 Å². The molecule has 0 atom stereocenters. The fourth-order valence-corrected chi connectivity index (χ4v) is 3.68. The van der Waals surface area contributed by atoms with Gasteiger partial charge in [0.25, 0.3) is 0 Å². The monoisotopic (exact) mass is 383 g/mol. The van der Waals surface area contributed by atoms with Crippen LogP contribution in [0, 0.1) is 12.8 Å². The minimum Gasteiger partial charge on any atom is -0.462 e. The lowest BCUT2D eigenvalue weighted by atomic mass is 10.2. The maximum atomic E-state index is 12.1. The molecule has 0 aliphatic carbocycles. The summed E-state index contributed by atoms with van der Waals surface area (Å²) in [5.41, 5.74) is 0.785. The molecular weight excluding hydrogens is 362 g/mol. The summed E-state index contributed by atoms with van der Waals surface area (Å²) >= 11 is 2.49. The maximum absolute atomic E-state index is 12.1. The zero-order valence-corrected chi connectivity index (χ0v) is 16.2. The Bertz CT molecular complexity index is 741. The number of aryl methyl sites for hydroxylation is 1. The van der Waals surface area contributed by atoms with Gasteiger partial charge in [0, 0.05) is 6.54 Å². The van der Waals surface area contributed by atoms with Crippen molar-refractivity contribution < 1.29 is 14.3 Å². The molecule has 25 heavy (non-hydrogen) atoms. The van der Waals surface area contributed by atoms with Gasteiger partial charge in [0.15, 0.2) is 0 Å². The minimum atomic E-state index is -0.368. The van der Waals surface area contributed by atoms with Gasteiger partial charge in [0.05, 0.1) is 17.4 Å². The lowest BCUT2D eigenvalue weighted by Crippen LogP contribution is -2.14. The molecule has 0 spiro atoms. The molecule has 0 radical (unpaired) electrons. The van der Waals surface area contributed by atoms with Crippen LogP contribution in [0.25, 0.3) is 0 Å². The average molecular weight is 383 g/mol. The summed E-state index contributed by atoms with van der Waals surface area (Å²) in [5, 5.41) is 15.5. The largest absolute Gasteiger partial charge is 0.462 e. The number of nitrogens with zero attached hydrogens (tertiary/aromatic N) is 4. The molecule has 2 rings (SSSR count). The smallest absolute Gasteiger partial charge is 0.348 e. The van der Waals surface area contributed by atoms with Crippen LogP contribution in [0.3, 0.4) is 0 Å². The van der Waals surface area contributed by atoms with Gasteiger partial charge in [-0.15, -0.1) is 16.4 Å². The van der Waals surface area contributed by atoms with Crippen molar-refractivity contribution >= 4 is 40.0 Å². The summed E-state index contributed by atoms with van der Waals surface area (Å²) in [5.74, 6) is 0.0463. The van der Waals surface area contributed by atoms with Crippen molar-refractivity contribution in [1.29, 1.82) is 0 Å². The molecule has 0 aliphatic rings. The number of carbonyl (C=O) groups excluding carboxylic acids is 2. The summed E-state index contributed by atoms with van der Waals surface area (Å²) in [4.78, 5) is 24.5. The fourth-order valence-electron chi connectivity index (χ4n) is 2.01. The number of nitrogens with one attached hydrogen (secondary N) is 1. The SMILES string of the molecule is CCOC(=O)c1sc(NC(=O)CSc2nnnn2CC(C)C)cc1C. The molecule has 2 heterocycles. The van der Waals surface area contributed by atoms with Crippen LogP contribution in [0.2, 0.25) is 0 Å². The van der Waals surface area contributed by atoms with Gasteiger partial charge in [0.2, 0.25) is 11.1 Å². The molecule has 10 heteroatoms. The number of carbonyl (C=O) groups is 2. The quantitative estimate of drug-likeness (QED) is 0.552. The van der Waals surface area contributed by atoms with Crippen molar-refractivity contribution in [3.63, 3.8) is 0 Å². The highest BCUT2D eigenvalue weighted by Gasteiger charge is 2.16. The van der Waals surface area contributed by atoms with E-state index in [1.54, 1.807) is 17.7 Å². The molecular formula is C15H21N5O3S2. The molecule has 0 saturated heterocycles. The van der Waals surface area contributed by atoms with Crippen LogP contribution < -0.4 is 5.32 Å². The van der Waals surface area contributed by atoms with E-state index in [9.17, 15) is 9.59 Å². The Balaban J connectivity index is 1.92. The van der Waals surface area contributed by atoms with Crippen LogP contribution in [-0.2, 0) is 16.1 Å². The van der Waals surface area contributed by atoms with Crippen molar-refractivity contribution in [2.24, 2.45) is 5.92 Å². The van der Waals surface area contributed by atoms with Crippen molar-refractivity contribution in [3.8, 4) is 0 Å². The highest BCUT2D eigenvalue weighted by molar-refractivity contribution is 7.99. The Morgan fingerprint density at radius 1 is 1.44 bits per heavy atom. The van der Waals surface area contributed by atoms with E-state index in [0.29, 0.717) is 34.1 Å². The van der Waals surface area contributed by atoms with Crippen molar-refractivity contribution in [3.05, 3.63) is 16.5 Å². The minimum absolute atomic E-state index is 0.180. The van der Waals surface area contributed by atoms with Crippen LogP contribution in [0.4, 0.5) is 5.00 Å². The summed E-state index contributed by atoms with van der Waals surface area (Å²) in [7, 11) is 0. The Kier molecular flexibility index (Phi) is 6.94. The first-order valence-corrected chi connectivity index (χ1v) is 9.67. The number of aromatic nitrogens is 4. The molecule has 1 amide bonds. The van der Waals surface area contributed by atoms with Crippen molar-refractivity contribution in [2.75, 3.05) is 17.7 Å². The van der Waals surface area contributed by atoms with Crippen LogP contribution in [0.1, 0.15) is 36.0 Å². The van der Waals surface area contributed by atoms with Gasteiger partial charge in [-0.25, -0.2) is 9.48 Å². The highest BCUT2D eigenvalue weighted by Crippen LogP contribution is 2.27. The number of rotatable bonds is 8. The third-order valence-electron chi connectivity index (χ3n) is 3.01. The van der Waals surface area contributed by atoms with Gasteiger partial charge in [-0.2, -0.15) is 0 Å². The van der Waals surface area contributed by atoms with E-state index in [2.05, 4.69) is 34.7 Å². The number of thioether (sulfide) groups is 1. The number of hydrogen-bond acceptors (Lipinski definition) is 8. The molecule has 0 saturated carbocycles. The molecule has 0 bridgehead atoms. The van der Waals surface area contributed by atoms with Crippen LogP contribution in [-0.4, -0.2) is 44.4 Å². The van der Waals surface area contributed by atoms with Gasteiger partial charge >= 0.3 is 5.97 Å². The molecule has 136 valence electrons. The molecule has 8 nitrogen and oxygen atoms in total. The van der Waals surface area contributed by atoms with E-state index < -0.39 is 0 Å². The third kappa shape index (κ3) is 5.53. The Hall–Kier alpha value is -1.94. The second kappa shape index (κ2) is 8.95. The highest BCUT2D eigenvalue weighted by atomic mass is 32.2. The Morgan fingerprint density at radius 2 is 2.20 bits per heavy atom. The number of thiophene rings is 1. The standard InChI is InChI=1S/C15H21N5O3S2/c1-5-23-14(22)13-10(4)6-12(25-13)16-11(21)8-24-15-17-18-19-20(15)7-9(2)3/h6,9H,5,7-8H2,1-4H3,(H,16,21). The lowest BCUT2D eigenvalue weighted by Gasteiger charge is -2.06. The first-order valence-electron chi connectivity index (χ1n) is 7.87. The van der Waals surface area contributed by atoms with Gasteiger partial charge in [-0.1, -0.05) is 25.6 Å². The topological polar surface area (TPSA) is 99.0 Å². The zero-order valence-electron chi connectivity index (χ0n) is 14.6. The third-order valence-corrected chi connectivity index (χ3v) is 5.10. The van der Waals surface area contributed by atoms with E-state index in [0.717, 1.165) is 5.56 Å². The van der Waals surface area contributed by atoms with E-state index >= 15 is 0 Å². The number of hydrogen-bond donors (Lipinski definition) is 1. The predicted molar refractivity (Wildman–Crippen MR) is 97.0 cm³/mol. The lowest BCUT2D eigenvalue weighted by molar-refractivity contribution is -0.113. The van der Waals surface area contributed by atoms with Crippen LogP contribution in [0.5, 0.6) is 0 Å². The number of amides is 1. The normalized spacial score (nSPS) is 10.9. The van der Waals surface area contributed by atoms with E-state index in [1.165, 1.54) is 23.1 Å². The molecule has 0 fully saturated rings. The molecule has 2 aromatic rings. The Morgan fingerprint density at radius 3 is 2.88 bits per heavy atom. The number of tetrazole rings is 1. The number of ether oxygens (including phenoxy) is 1. The molecule has 0 aromatic carbocycles. The molecule has 0 unspecified atom stereocenters. The second-order valence-corrected chi connectivity index (χ2v) is 7.71. The summed E-state index contributed by atoms with van der Waals surface area (Å²) in [6, 6.07) is 1.77. The molecule has 2 aromatic heterocycles. The summed E-state index contributed by atoms with van der Waals surface area (Å²) in [6.07, 6.45) is 0. The van der Waals surface area contributed by atoms with Gasteiger partial charge in [-0.05, 0) is 41.8 Å². The number of anilines is 1. The maximum Gasteiger partial charge on any atom is 0.348 e. The Labute approximate surface area is 154 Å². The second-order valence-electron chi connectivity index (χ2n) is 5.72. The molecule has 0 aliphatic heterocycles.